The first-order valence-electron chi connectivity index (χ1n) is 6.04. The summed E-state index contributed by atoms with van der Waals surface area (Å²) in [5.41, 5.74) is 2.04. The van der Waals surface area contributed by atoms with Gasteiger partial charge in [0.2, 0.25) is 0 Å². The lowest BCUT2D eigenvalue weighted by Crippen LogP contribution is -2.18. The molecule has 0 aromatic carbocycles. The topological polar surface area (TPSA) is 65.4 Å². The van der Waals surface area contributed by atoms with E-state index in [1.807, 2.05) is 0 Å². The van der Waals surface area contributed by atoms with E-state index >= 15 is 0 Å². The first kappa shape index (κ1) is 13.9. The van der Waals surface area contributed by atoms with E-state index in [-0.39, 0.29) is 12.4 Å². The lowest BCUT2D eigenvalue weighted by molar-refractivity contribution is 0.278. The number of hydrogen-bond acceptors (Lipinski definition) is 4. The predicted octanol–water partition coefficient (Wildman–Crippen LogP) is 1.72. The normalized spacial score (nSPS) is 11.1. The van der Waals surface area contributed by atoms with Crippen LogP contribution < -0.4 is 5.32 Å². The molecule has 0 amide bonds. The number of aliphatic hydroxyl groups excluding tert-OH is 1. The SMILES string of the molecule is Cc1ncc(CO)c(CNCCC(C)C)c1O. The van der Waals surface area contributed by atoms with Gasteiger partial charge in [-0.15, -0.1) is 0 Å². The van der Waals surface area contributed by atoms with Crippen LogP contribution in [-0.2, 0) is 13.2 Å². The molecule has 0 aliphatic carbocycles. The number of pyridine rings is 1. The average Bonchev–Trinajstić information content (AvgIpc) is 2.29. The van der Waals surface area contributed by atoms with Crippen molar-refractivity contribution in [3.8, 4) is 5.75 Å². The Balaban J connectivity index is 2.65. The Labute approximate surface area is 103 Å². The molecule has 1 aromatic heterocycles. The molecule has 17 heavy (non-hydrogen) atoms. The molecular formula is C13H22N2O2. The highest BCUT2D eigenvalue weighted by atomic mass is 16.3. The van der Waals surface area contributed by atoms with Crippen molar-refractivity contribution in [3.63, 3.8) is 0 Å². The monoisotopic (exact) mass is 238 g/mol. The summed E-state index contributed by atoms with van der Waals surface area (Å²) in [6, 6.07) is 0. The van der Waals surface area contributed by atoms with Gasteiger partial charge in [0.05, 0.1) is 12.3 Å². The molecule has 0 bridgehead atoms. The fourth-order valence-electron chi connectivity index (χ4n) is 1.62. The van der Waals surface area contributed by atoms with Crippen molar-refractivity contribution in [2.75, 3.05) is 6.54 Å². The molecule has 1 aromatic rings. The minimum atomic E-state index is -0.0952. The number of aromatic hydroxyl groups is 1. The van der Waals surface area contributed by atoms with Gasteiger partial charge in [-0.25, -0.2) is 0 Å². The van der Waals surface area contributed by atoms with Gasteiger partial charge in [-0.1, -0.05) is 13.8 Å². The van der Waals surface area contributed by atoms with Gasteiger partial charge in [0.1, 0.15) is 5.75 Å². The molecule has 0 spiro atoms. The molecule has 0 aliphatic heterocycles. The highest BCUT2D eigenvalue weighted by Gasteiger charge is 2.10. The van der Waals surface area contributed by atoms with Crippen molar-refractivity contribution in [2.45, 2.75) is 40.3 Å². The zero-order valence-electron chi connectivity index (χ0n) is 10.8. The highest BCUT2D eigenvalue weighted by molar-refractivity contribution is 5.40. The van der Waals surface area contributed by atoms with Crippen LogP contribution >= 0.6 is 0 Å². The van der Waals surface area contributed by atoms with Crippen molar-refractivity contribution >= 4 is 0 Å². The number of aryl methyl sites for hydroxylation is 1. The number of aliphatic hydroxyl groups is 1. The maximum absolute atomic E-state index is 9.90. The van der Waals surface area contributed by atoms with Crippen molar-refractivity contribution < 1.29 is 10.2 Å². The fourth-order valence-corrected chi connectivity index (χ4v) is 1.62. The summed E-state index contributed by atoms with van der Waals surface area (Å²) in [6.45, 7) is 7.49. The Morgan fingerprint density at radius 3 is 2.71 bits per heavy atom. The molecule has 0 unspecified atom stereocenters. The van der Waals surface area contributed by atoms with Crippen LogP contribution in [0.1, 0.15) is 37.1 Å². The summed E-state index contributed by atoms with van der Waals surface area (Å²) in [7, 11) is 0. The van der Waals surface area contributed by atoms with Gasteiger partial charge in [0.25, 0.3) is 0 Å². The molecule has 4 heteroatoms. The van der Waals surface area contributed by atoms with Gasteiger partial charge in [0.15, 0.2) is 0 Å². The third-order valence-electron chi connectivity index (χ3n) is 2.80. The molecule has 1 heterocycles. The molecule has 0 aliphatic rings. The summed E-state index contributed by atoms with van der Waals surface area (Å²) in [4.78, 5) is 4.03. The second-order valence-corrected chi connectivity index (χ2v) is 4.71. The van der Waals surface area contributed by atoms with E-state index in [9.17, 15) is 10.2 Å². The third kappa shape index (κ3) is 3.98. The lowest BCUT2D eigenvalue weighted by atomic mass is 10.1. The van der Waals surface area contributed by atoms with Crippen LogP contribution in [-0.4, -0.2) is 21.7 Å². The summed E-state index contributed by atoms with van der Waals surface area (Å²) in [6.07, 6.45) is 2.72. The number of nitrogens with one attached hydrogen (secondary N) is 1. The zero-order chi connectivity index (χ0) is 12.8. The number of hydrogen-bond donors (Lipinski definition) is 3. The van der Waals surface area contributed by atoms with E-state index in [1.54, 1.807) is 13.1 Å². The number of rotatable bonds is 6. The Bertz CT molecular complexity index is 365. The van der Waals surface area contributed by atoms with E-state index in [0.717, 1.165) is 18.5 Å². The molecule has 0 fully saturated rings. The summed E-state index contributed by atoms with van der Waals surface area (Å²) in [5.74, 6) is 0.848. The first-order chi connectivity index (χ1) is 8.06. The highest BCUT2D eigenvalue weighted by Crippen LogP contribution is 2.23. The standard InChI is InChI=1S/C13H22N2O2/c1-9(2)4-5-14-7-12-11(8-16)6-15-10(3)13(12)17/h6,9,14,16-17H,4-5,7-8H2,1-3H3. The van der Waals surface area contributed by atoms with Crippen LogP contribution in [0.25, 0.3) is 0 Å². The molecular weight excluding hydrogens is 216 g/mol. The Kier molecular flexibility index (Phi) is 5.38. The minimum Gasteiger partial charge on any atom is -0.506 e. The molecule has 4 nitrogen and oxygen atoms in total. The Hall–Kier alpha value is -1.13. The van der Waals surface area contributed by atoms with E-state index < -0.39 is 0 Å². The van der Waals surface area contributed by atoms with Crippen molar-refractivity contribution in [2.24, 2.45) is 5.92 Å². The molecule has 96 valence electrons. The van der Waals surface area contributed by atoms with E-state index in [4.69, 9.17) is 0 Å². The van der Waals surface area contributed by atoms with Crippen molar-refractivity contribution in [1.82, 2.24) is 10.3 Å². The molecule has 3 N–H and O–H groups in total. The van der Waals surface area contributed by atoms with Crippen molar-refractivity contribution in [1.29, 1.82) is 0 Å². The summed E-state index contributed by atoms with van der Waals surface area (Å²) < 4.78 is 0. The average molecular weight is 238 g/mol. The van der Waals surface area contributed by atoms with Crippen LogP contribution in [0.2, 0.25) is 0 Å². The largest absolute Gasteiger partial charge is 0.506 e. The van der Waals surface area contributed by atoms with Gasteiger partial charge in [-0.2, -0.15) is 0 Å². The van der Waals surface area contributed by atoms with Crippen LogP contribution in [0.4, 0.5) is 0 Å². The molecule has 0 saturated carbocycles. The Morgan fingerprint density at radius 1 is 1.41 bits per heavy atom. The predicted molar refractivity (Wildman–Crippen MR) is 67.7 cm³/mol. The summed E-state index contributed by atoms with van der Waals surface area (Å²) in [5, 5.41) is 22.4. The molecule has 0 saturated heterocycles. The van der Waals surface area contributed by atoms with Gasteiger partial charge < -0.3 is 15.5 Å². The third-order valence-corrected chi connectivity index (χ3v) is 2.80. The zero-order valence-corrected chi connectivity index (χ0v) is 10.8. The molecule has 0 atom stereocenters. The van der Waals surface area contributed by atoms with Crippen molar-refractivity contribution in [3.05, 3.63) is 23.0 Å². The number of nitrogens with zero attached hydrogens (tertiary/aromatic N) is 1. The fraction of sp³-hybridized carbons (Fsp3) is 0.615. The van der Waals surface area contributed by atoms with E-state index in [1.165, 1.54) is 0 Å². The van der Waals surface area contributed by atoms with E-state index in [0.29, 0.717) is 23.7 Å². The van der Waals surface area contributed by atoms with Gasteiger partial charge in [-0.05, 0) is 25.8 Å². The van der Waals surface area contributed by atoms with Crippen LogP contribution in [0.15, 0.2) is 6.20 Å². The first-order valence-corrected chi connectivity index (χ1v) is 6.04. The summed E-state index contributed by atoms with van der Waals surface area (Å²) >= 11 is 0. The maximum Gasteiger partial charge on any atom is 0.141 e. The van der Waals surface area contributed by atoms with Gasteiger partial charge >= 0.3 is 0 Å². The van der Waals surface area contributed by atoms with Crippen LogP contribution in [0, 0.1) is 12.8 Å². The van der Waals surface area contributed by atoms with Gasteiger partial charge in [-0.3, -0.25) is 4.98 Å². The van der Waals surface area contributed by atoms with Crippen LogP contribution in [0.5, 0.6) is 5.75 Å². The second-order valence-electron chi connectivity index (χ2n) is 4.71. The van der Waals surface area contributed by atoms with Gasteiger partial charge in [0, 0.05) is 23.9 Å². The Morgan fingerprint density at radius 2 is 2.12 bits per heavy atom. The van der Waals surface area contributed by atoms with E-state index in [2.05, 4.69) is 24.1 Å². The smallest absolute Gasteiger partial charge is 0.141 e. The minimum absolute atomic E-state index is 0.0952. The quantitative estimate of drug-likeness (QED) is 0.660. The lowest BCUT2D eigenvalue weighted by Gasteiger charge is -2.12. The molecule has 0 radical (unpaired) electrons. The maximum atomic E-state index is 9.90. The second kappa shape index (κ2) is 6.57. The molecule has 1 rings (SSSR count). The van der Waals surface area contributed by atoms with Crippen LogP contribution in [0.3, 0.4) is 0 Å². The number of aromatic nitrogens is 1.